The van der Waals surface area contributed by atoms with Gasteiger partial charge in [-0.1, -0.05) is 36.4 Å². The van der Waals surface area contributed by atoms with Crippen LogP contribution in [0.4, 0.5) is 8.63 Å². The van der Waals surface area contributed by atoms with Gasteiger partial charge in [-0.25, -0.2) is 0 Å². The van der Waals surface area contributed by atoms with Crippen molar-refractivity contribution in [3.63, 3.8) is 0 Å². The van der Waals surface area contributed by atoms with Gasteiger partial charge in [0.2, 0.25) is 10.8 Å². The molecule has 0 saturated carbocycles. The molecule has 4 nitrogen and oxygen atoms in total. The molecule has 0 N–H and O–H groups in total. The normalized spacial score (nSPS) is 16.1. The van der Waals surface area contributed by atoms with E-state index in [1.165, 1.54) is 8.96 Å². The van der Waals surface area contributed by atoms with E-state index in [1.807, 2.05) is 72.8 Å². The van der Waals surface area contributed by atoms with Crippen molar-refractivity contribution >= 4 is 74.2 Å². The smallest absolute Gasteiger partial charge is 0.455 e. The Morgan fingerprint density at radius 3 is 2.26 bits per heavy atom. The van der Waals surface area contributed by atoms with Crippen LogP contribution in [-0.4, -0.2) is 11.4 Å². The highest BCUT2D eigenvalue weighted by Crippen LogP contribution is 2.43. The summed E-state index contributed by atoms with van der Waals surface area (Å²) in [6.07, 6.45) is 1.74. The van der Waals surface area contributed by atoms with Crippen molar-refractivity contribution in [3.05, 3.63) is 110 Å². The summed E-state index contributed by atoms with van der Waals surface area (Å²) in [5.41, 5.74) is 4.94. The van der Waals surface area contributed by atoms with Gasteiger partial charge in [0.1, 0.15) is 11.2 Å². The van der Waals surface area contributed by atoms with Crippen molar-refractivity contribution in [1.29, 1.82) is 0 Å². The Kier molecular flexibility index (Phi) is 3.65. The molecule has 8 rings (SSSR count). The van der Waals surface area contributed by atoms with Gasteiger partial charge in [-0.3, -0.25) is 0 Å². The third-order valence-corrected chi connectivity index (χ3v) is 7.71. The Morgan fingerprint density at radius 2 is 1.49 bits per heavy atom. The number of benzene rings is 3. The van der Waals surface area contributed by atoms with E-state index in [0.717, 1.165) is 14.7 Å². The first-order valence-corrected chi connectivity index (χ1v) is 12.3. The van der Waals surface area contributed by atoms with Crippen LogP contribution in [0.1, 0.15) is 11.3 Å². The van der Waals surface area contributed by atoms with E-state index in [0.29, 0.717) is 55.2 Å². The maximum atomic E-state index is 16.8. The van der Waals surface area contributed by atoms with Gasteiger partial charge in [-0.2, -0.15) is 0 Å². The summed E-state index contributed by atoms with van der Waals surface area (Å²) in [4.78, 5) is 0. The molecule has 6 aromatic rings. The molecule has 168 valence electrons. The fraction of sp³-hybridized carbons (Fsp3) is 0. The van der Waals surface area contributed by atoms with Gasteiger partial charge >= 0.3 is 6.97 Å². The number of hydrogen-bond acceptors (Lipinski definition) is 2. The molecule has 0 fully saturated rings. The Morgan fingerprint density at radius 1 is 0.800 bits per heavy atom. The van der Waals surface area contributed by atoms with Crippen LogP contribution in [0.25, 0.3) is 44.7 Å². The summed E-state index contributed by atoms with van der Waals surface area (Å²) in [5.74, 6) is 0. The predicted octanol–water partition coefficient (Wildman–Crippen LogP) is 5.72. The molecule has 0 spiro atoms. The fourth-order valence-corrected chi connectivity index (χ4v) is 5.97. The van der Waals surface area contributed by atoms with Crippen molar-refractivity contribution in [2.45, 2.75) is 0 Å². The summed E-state index contributed by atoms with van der Waals surface area (Å²) in [7, 11) is 0. The molecule has 3 aromatic carbocycles. The number of furan rings is 2. The van der Waals surface area contributed by atoms with Crippen molar-refractivity contribution in [3.8, 4) is 0 Å². The van der Waals surface area contributed by atoms with Crippen LogP contribution < -0.4 is 15.3 Å². The first kappa shape index (κ1) is 19.6. The van der Waals surface area contributed by atoms with Gasteiger partial charge in [0, 0.05) is 20.7 Å². The minimum atomic E-state index is -4.26. The Labute approximate surface area is 210 Å². The van der Waals surface area contributed by atoms with Gasteiger partial charge in [-0.05, 0) is 64.6 Å². The number of allylic oxidation sites excluding steroid dienone is 1. The lowest BCUT2D eigenvalue weighted by Crippen LogP contribution is -2.56. The molecular weight excluding hydrogens is 560 g/mol. The zero-order chi connectivity index (χ0) is 23.5. The number of halogens is 3. The highest BCUT2D eigenvalue weighted by atomic mass is 127. The summed E-state index contributed by atoms with van der Waals surface area (Å²) in [6.45, 7) is -4.26. The molecule has 0 unspecified atom stereocenters. The maximum Gasteiger partial charge on any atom is 0.738 e. The summed E-state index contributed by atoms with van der Waals surface area (Å²) >= 11 is 2.25. The van der Waals surface area contributed by atoms with Crippen LogP contribution >= 0.6 is 22.6 Å². The minimum Gasteiger partial charge on any atom is -0.455 e. The molecule has 0 amide bonds. The van der Waals surface area contributed by atoms with E-state index in [4.69, 9.17) is 8.83 Å². The second kappa shape index (κ2) is 6.51. The monoisotopic (exact) mass is 574 g/mol. The number of fused-ring (bicyclic) bond motifs is 9. The van der Waals surface area contributed by atoms with Crippen LogP contribution in [0.15, 0.2) is 93.4 Å². The van der Waals surface area contributed by atoms with Gasteiger partial charge < -0.3 is 26.4 Å². The molecule has 2 aliphatic rings. The first-order valence-electron chi connectivity index (χ1n) is 11.2. The zero-order valence-corrected chi connectivity index (χ0v) is 20.2. The summed E-state index contributed by atoms with van der Waals surface area (Å²) < 4.78 is 49.0. The van der Waals surface area contributed by atoms with Crippen molar-refractivity contribution in [2.75, 3.05) is 0 Å². The predicted molar refractivity (Wildman–Crippen MR) is 141 cm³/mol. The van der Waals surface area contributed by atoms with Crippen LogP contribution in [-0.2, 0) is 0 Å². The molecule has 0 atom stereocenters. The molecular formula is C27H14BF2IN2O2. The average Bonchev–Trinajstić information content (AvgIpc) is 3.57. The van der Waals surface area contributed by atoms with E-state index < -0.39 is 6.97 Å². The number of nitrogens with zero attached hydrogens (tertiary/aromatic N) is 2. The standard InChI is InChI=1S/C27H14BF2IN2O2/c29-28(30)32-19(13-23-26(32)17-5-1-3-7-21(17)34-23)25(15-9-11-16(31)12-10-15)20-14-24-27(33(20)28)18-6-2-4-8-22(18)35-24/h1-14H. The van der Waals surface area contributed by atoms with Gasteiger partial charge in [0.05, 0.1) is 22.6 Å². The van der Waals surface area contributed by atoms with Gasteiger partial charge in [0.15, 0.2) is 11.3 Å². The minimum absolute atomic E-state index is 0.406. The van der Waals surface area contributed by atoms with Gasteiger partial charge in [-0.15, -0.1) is 0 Å². The van der Waals surface area contributed by atoms with Crippen molar-refractivity contribution in [2.24, 2.45) is 0 Å². The van der Waals surface area contributed by atoms with E-state index in [9.17, 15) is 0 Å². The molecule has 35 heavy (non-hydrogen) atoms. The van der Waals surface area contributed by atoms with E-state index >= 15 is 8.63 Å². The number of hydrogen-bond donors (Lipinski definition) is 0. The van der Waals surface area contributed by atoms with Gasteiger partial charge in [0.25, 0.3) is 0 Å². The fourth-order valence-electron chi connectivity index (χ4n) is 5.61. The lowest BCUT2D eigenvalue weighted by atomic mass is 9.86. The number of rotatable bonds is 1. The third kappa shape index (κ3) is 2.42. The SMILES string of the molecule is F[B-]1(F)n2c(cc3oc4ccccc4c32)C(c2ccc(I)cc2)=C2C=c3oc4ccccc4c3=[N+]21. The molecule has 5 heterocycles. The second-order valence-electron chi connectivity index (χ2n) is 8.89. The van der Waals surface area contributed by atoms with Crippen molar-refractivity contribution < 1.29 is 17.5 Å². The molecule has 0 bridgehead atoms. The average molecular weight is 574 g/mol. The van der Waals surface area contributed by atoms with Crippen molar-refractivity contribution in [1.82, 2.24) is 8.96 Å². The quantitative estimate of drug-likeness (QED) is 0.186. The molecule has 0 aliphatic carbocycles. The lowest BCUT2D eigenvalue weighted by molar-refractivity contribution is 0.515. The molecule has 2 aliphatic heterocycles. The van der Waals surface area contributed by atoms with E-state index in [1.54, 1.807) is 12.1 Å². The second-order valence-corrected chi connectivity index (χ2v) is 10.1. The topological polar surface area (TPSA) is 34.2 Å². The van der Waals surface area contributed by atoms with Crippen LogP contribution in [0.5, 0.6) is 0 Å². The Hall–Kier alpha value is -3.66. The van der Waals surface area contributed by atoms with E-state index in [2.05, 4.69) is 22.6 Å². The summed E-state index contributed by atoms with van der Waals surface area (Å²) in [5, 5.41) is 1.74. The third-order valence-electron chi connectivity index (χ3n) is 6.99. The lowest BCUT2D eigenvalue weighted by Gasteiger charge is -2.31. The maximum absolute atomic E-state index is 16.8. The van der Waals surface area contributed by atoms with Crippen LogP contribution in [0.2, 0.25) is 0 Å². The molecule has 3 aromatic heterocycles. The molecule has 0 radical (unpaired) electrons. The number of aromatic nitrogens is 1. The first-order chi connectivity index (χ1) is 17.0. The zero-order valence-electron chi connectivity index (χ0n) is 18.0. The Balaban J connectivity index is 1.60. The summed E-state index contributed by atoms with van der Waals surface area (Å²) in [6, 6.07) is 24.3. The molecule has 8 heteroatoms. The van der Waals surface area contributed by atoms with Crippen LogP contribution in [0, 0.1) is 3.57 Å². The molecule has 0 saturated heterocycles. The largest absolute Gasteiger partial charge is 0.738 e. The van der Waals surface area contributed by atoms with E-state index in [-0.39, 0.29) is 0 Å². The number of para-hydroxylation sites is 2. The Bertz CT molecular complexity index is 2050. The highest BCUT2D eigenvalue weighted by Gasteiger charge is 2.55. The highest BCUT2D eigenvalue weighted by molar-refractivity contribution is 14.1. The van der Waals surface area contributed by atoms with Crippen LogP contribution in [0.3, 0.4) is 0 Å².